The summed E-state index contributed by atoms with van der Waals surface area (Å²) in [6, 6.07) is 7.13. The quantitative estimate of drug-likeness (QED) is 0.504. The second kappa shape index (κ2) is 10.3. The van der Waals surface area contributed by atoms with Gasteiger partial charge in [-0.2, -0.15) is 0 Å². The van der Waals surface area contributed by atoms with E-state index in [9.17, 15) is 9.59 Å². The molecular weight excluding hydrogens is 458 g/mol. The van der Waals surface area contributed by atoms with Gasteiger partial charge in [0.2, 0.25) is 11.0 Å². The summed E-state index contributed by atoms with van der Waals surface area (Å²) in [4.78, 5) is 35.2. The van der Waals surface area contributed by atoms with Crippen LogP contribution in [-0.4, -0.2) is 88.9 Å². The average molecular weight is 484 g/mol. The summed E-state index contributed by atoms with van der Waals surface area (Å²) in [6.45, 7) is 4.30. The number of piperazine rings is 1. The maximum Gasteiger partial charge on any atom is 0.339 e. The standard InChI is InChI=1S/C23H25N5O3S2/c1-31-21(30)17-7-3-5-9-19(17)24-22(32)27-13-10-26(11-14-27)12-15-28-20(29)16-6-2-4-8-18(16)25-23(28)33/h2-9,16H,10-15H2,1H3,(H,24,32). The van der Waals surface area contributed by atoms with Crippen LogP contribution in [0.4, 0.5) is 5.69 Å². The molecule has 1 amide bonds. The van der Waals surface area contributed by atoms with Crippen molar-refractivity contribution in [3.63, 3.8) is 0 Å². The zero-order chi connectivity index (χ0) is 23.4. The molecule has 8 nitrogen and oxygen atoms in total. The molecule has 1 aromatic carbocycles. The van der Waals surface area contributed by atoms with Crippen LogP contribution >= 0.6 is 24.4 Å². The summed E-state index contributed by atoms with van der Waals surface area (Å²) >= 11 is 10.9. The van der Waals surface area contributed by atoms with Crippen LogP contribution in [0.15, 0.2) is 53.6 Å². The van der Waals surface area contributed by atoms with E-state index in [0.717, 1.165) is 26.2 Å². The number of hydrogen-bond acceptors (Lipinski definition) is 6. The number of nitrogens with zero attached hydrogens (tertiary/aromatic N) is 4. The molecule has 1 saturated heterocycles. The minimum atomic E-state index is -0.410. The molecule has 0 saturated carbocycles. The SMILES string of the molecule is COC(=O)c1ccccc1NC(=S)N1CCN(CCN2C(=O)C3C=CC=CC3=NC2=S)CC1. The molecule has 172 valence electrons. The number of aliphatic imine (C=N–C) groups is 1. The van der Waals surface area contributed by atoms with Crippen LogP contribution in [0, 0.1) is 5.92 Å². The van der Waals surface area contributed by atoms with E-state index in [1.807, 2.05) is 30.4 Å². The van der Waals surface area contributed by atoms with Crippen molar-refractivity contribution in [1.29, 1.82) is 0 Å². The number of amides is 1. The van der Waals surface area contributed by atoms with Crippen molar-refractivity contribution >= 4 is 57.9 Å². The van der Waals surface area contributed by atoms with Gasteiger partial charge in [0.1, 0.15) is 0 Å². The lowest BCUT2D eigenvalue weighted by Crippen LogP contribution is -2.53. The van der Waals surface area contributed by atoms with Gasteiger partial charge in [-0.05, 0) is 42.6 Å². The van der Waals surface area contributed by atoms with Gasteiger partial charge < -0.3 is 15.0 Å². The molecule has 0 bridgehead atoms. The third kappa shape index (κ3) is 5.18. The van der Waals surface area contributed by atoms with Crippen LogP contribution in [0.1, 0.15) is 10.4 Å². The Bertz CT molecular complexity index is 1060. The van der Waals surface area contributed by atoms with Crippen molar-refractivity contribution in [2.24, 2.45) is 10.9 Å². The number of carbonyl (C=O) groups is 2. The molecule has 4 rings (SSSR count). The van der Waals surface area contributed by atoms with Crippen molar-refractivity contribution in [2.45, 2.75) is 0 Å². The van der Waals surface area contributed by atoms with Crippen molar-refractivity contribution in [3.05, 3.63) is 54.1 Å². The predicted octanol–water partition coefficient (Wildman–Crippen LogP) is 2.10. The highest BCUT2D eigenvalue weighted by Gasteiger charge is 2.33. The van der Waals surface area contributed by atoms with E-state index >= 15 is 0 Å². The van der Waals surface area contributed by atoms with Crippen LogP contribution in [0.2, 0.25) is 0 Å². The Balaban J connectivity index is 1.28. The summed E-state index contributed by atoms with van der Waals surface area (Å²) in [7, 11) is 1.36. The number of allylic oxidation sites excluding steroid dienone is 3. The molecule has 1 N–H and O–H groups in total. The van der Waals surface area contributed by atoms with Crippen LogP contribution < -0.4 is 5.32 Å². The Kier molecular flexibility index (Phi) is 7.26. The summed E-state index contributed by atoms with van der Waals surface area (Å²) in [5.74, 6) is -0.763. The Labute approximate surface area is 203 Å². The highest BCUT2D eigenvalue weighted by Crippen LogP contribution is 2.20. The average Bonchev–Trinajstić information content (AvgIpc) is 2.84. The summed E-state index contributed by atoms with van der Waals surface area (Å²) in [6.07, 6.45) is 7.44. The van der Waals surface area contributed by atoms with Crippen LogP contribution in [0.25, 0.3) is 0 Å². The zero-order valence-electron chi connectivity index (χ0n) is 18.3. The van der Waals surface area contributed by atoms with Gasteiger partial charge in [0.05, 0.1) is 30.0 Å². The maximum absolute atomic E-state index is 12.8. The topological polar surface area (TPSA) is 77.5 Å². The molecule has 0 radical (unpaired) electrons. The number of esters is 1. The van der Waals surface area contributed by atoms with Gasteiger partial charge in [-0.3, -0.25) is 14.6 Å². The molecule has 10 heteroatoms. The van der Waals surface area contributed by atoms with Gasteiger partial charge in [0.15, 0.2) is 5.11 Å². The van der Waals surface area contributed by atoms with E-state index in [0.29, 0.717) is 40.3 Å². The molecule has 1 aromatic rings. The maximum atomic E-state index is 12.8. The molecule has 0 aromatic heterocycles. The minimum absolute atomic E-state index is 0.0149. The second-order valence-corrected chi connectivity index (χ2v) is 8.58. The fraction of sp³-hybridized carbons (Fsp3) is 0.348. The van der Waals surface area contributed by atoms with Crippen LogP contribution in [-0.2, 0) is 9.53 Å². The van der Waals surface area contributed by atoms with Crippen molar-refractivity contribution < 1.29 is 14.3 Å². The fourth-order valence-electron chi connectivity index (χ4n) is 3.98. The van der Waals surface area contributed by atoms with E-state index in [-0.39, 0.29) is 11.8 Å². The predicted molar refractivity (Wildman–Crippen MR) is 136 cm³/mol. The highest BCUT2D eigenvalue weighted by atomic mass is 32.1. The van der Waals surface area contributed by atoms with Crippen molar-refractivity contribution in [3.8, 4) is 0 Å². The fourth-order valence-corrected chi connectivity index (χ4v) is 4.56. The zero-order valence-corrected chi connectivity index (χ0v) is 19.9. The second-order valence-electron chi connectivity index (χ2n) is 7.83. The first-order chi connectivity index (χ1) is 16.0. The number of nitrogens with one attached hydrogen (secondary N) is 1. The van der Waals surface area contributed by atoms with Gasteiger partial charge in [0, 0.05) is 39.3 Å². The van der Waals surface area contributed by atoms with Crippen LogP contribution in [0.5, 0.6) is 0 Å². The highest BCUT2D eigenvalue weighted by molar-refractivity contribution is 7.80. The lowest BCUT2D eigenvalue weighted by Gasteiger charge is -2.37. The molecule has 1 fully saturated rings. The minimum Gasteiger partial charge on any atom is -0.465 e. The normalized spacial score (nSPS) is 20.4. The van der Waals surface area contributed by atoms with Gasteiger partial charge >= 0.3 is 5.97 Å². The third-order valence-corrected chi connectivity index (χ3v) is 6.53. The number of benzene rings is 1. The number of ether oxygens (including phenoxy) is 1. The van der Waals surface area contributed by atoms with Crippen molar-refractivity contribution in [2.75, 3.05) is 51.7 Å². The summed E-state index contributed by atoms with van der Waals surface area (Å²) < 4.78 is 4.84. The van der Waals surface area contributed by atoms with E-state index in [1.165, 1.54) is 7.11 Å². The number of methoxy groups -OCH3 is 1. The first kappa shape index (κ1) is 23.2. The molecule has 1 unspecified atom stereocenters. The Hall–Kier alpha value is -2.95. The van der Waals surface area contributed by atoms with E-state index in [1.54, 1.807) is 23.1 Å². The molecule has 1 atom stereocenters. The molecule has 3 aliphatic rings. The molecule has 0 spiro atoms. The Morgan fingerprint density at radius 1 is 1.18 bits per heavy atom. The van der Waals surface area contributed by atoms with E-state index < -0.39 is 5.97 Å². The van der Waals surface area contributed by atoms with E-state index in [4.69, 9.17) is 29.2 Å². The lowest BCUT2D eigenvalue weighted by molar-refractivity contribution is -0.128. The Morgan fingerprint density at radius 3 is 2.70 bits per heavy atom. The number of thiocarbonyl (C=S) groups is 2. The van der Waals surface area contributed by atoms with Crippen LogP contribution in [0.3, 0.4) is 0 Å². The summed E-state index contributed by atoms with van der Waals surface area (Å²) in [5.41, 5.74) is 1.78. The van der Waals surface area contributed by atoms with Gasteiger partial charge in [0.25, 0.3) is 0 Å². The number of para-hydroxylation sites is 1. The lowest BCUT2D eigenvalue weighted by atomic mass is 9.95. The molecule has 2 heterocycles. The smallest absolute Gasteiger partial charge is 0.339 e. The summed E-state index contributed by atoms with van der Waals surface area (Å²) in [5, 5.41) is 4.07. The number of rotatable bonds is 5. The molecule has 33 heavy (non-hydrogen) atoms. The van der Waals surface area contributed by atoms with Crippen molar-refractivity contribution in [1.82, 2.24) is 14.7 Å². The number of hydrogen-bond donors (Lipinski definition) is 1. The Morgan fingerprint density at radius 2 is 1.94 bits per heavy atom. The largest absolute Gasteiger partial charge is 0.465 e. The monoisotopic (exact) mass is 483 g/mol. The number of carbonyl (C=O) groups excluding carboxylic acids is 2. The number of anilines is 1. The third-order valence-electron chi connectivity index (χ3n) is 5.86. The number of fused-ring (bicyclic) bond motifs is 1. The van der Waals surface area contributed by atoms with E-state index in [2.05, 4.69) is 20.1 Å². The first-order valence-corrected chi connectivity index (χ1v) is 11.5. The van der Waals surface area contributed by atoms with Gasteiger partial charge in [-0.25, -0.2) is 9.79 Å². The molecular formula is C23H25N5O3S2. The first-order valence-electron chi connectivity index (χ1n) is 10.7. The molecule has 1 aliphatic carbocycles. The van der Waals surface area contributed by atoms with Gasteiger partial charge in [-0.15, -0.1) is 0 Å². The molecule has 2 aliphatic heterocycles. The van der Waals surface area contributed by atoms with Gasteiger partial charge in [-0.1, -0.05) is 30.4 Å².